The molecule has 1 amide bonds. The van der Waals surface area contributed by atoms with Crippen LogP contribution in [0.25, 0.3) is 22.4 Å². The monoisotopic (exact) mass is 566 g/mol. The molecule has 4 aliphatic rings. The molecule has 3 atom stereocenters. The Morgan fingerprint density at radius 1 is 1.12 bits per heavy atom. The van der Waals surface area contributed by atoms with E-state index < -0.39 is 12.3 Å². The Morgan fingerprint density at radius 3 is 2.77 bits per heavy atom. The number of halogens is 1. The number of fused-ring (bicyclic) bond motifs is 2. The molecule has 0 bridgehead atoms. The Labute approximate surface area is 238 Å². The maximum absolute atomic E-state index is 11.8. The lowest BCUT2D eigenvalue weighted by Crippen LogP contribution is -2.49. The number of carbonyl (C=O) groups is 1. The van der Waals surface area contributed by atoms with Gasteiger partial charge < -0.3 is 19.0 Å². The van der Waals surface area contributed by atoms with E-state index in [4.69, 9.17) is 36.1 Å². The third-order valence-electron chi connectivity index (χ3n) is 9.01. The van der Waals surface area contributed by atoms with Gasteiger partial charge in [-0.1, -0.05) is 31.4 Å². The fourth-order valence-corrected chi connectivity index (χ4v) is 7.01. The lowest BCUT2D eigenvalue weighted by molar-refractivity contribution is 0.0247. The van der Waals surface area contributed by atoms with Crippen LogP contribution in [0.15, 0.2) is 12.3 Å². The van der Waals surface area contributed by atoms with Crippen molar-refractivity contribution in [3.8, 4) is 11.3 Å². The molecule has 2 aliphatic carbocycles. The van der Waals surface area contributed by atoms with Gasteiger partial charge in [0.15, 0.2) is 17.6 Å². The lowest BCUT2D eigenvalue weighted by Gasteiger charge is -2.39. The molecule has 0 radical (unpaired) electrons. The molecule has 40 heavy (non-hydrogen) atoms. The number of morpholine rings is 1. The first-order valence-corrected chi connectivity index (χ1v) is 14.8. The summed E-state index contributed by atoms with van der Waals surface area (Å²) in [5, 5.41) is 3.25. The van der Waals surface area contributed by atoms with Gasteiger partial charge in [0.2, 0.25) is 5.95 Å². The van der Waals surface area contributed by atoms with E-state index in [0.717, 1.165) is 61.0 Å². The molecular weight excluding hydrogens is 532 g/mol. The highest BCUT2D eigenvalue weighted by atomic mass is 35.5. The number of imidazole rings is 1. The first-order chi connectivity index (χ1) is 19.4. The van der Waals surface area contributed by atoms with Crippen molar-refractivity contribution in [1.82, 2.24) is 35.3 Å². The van der Waals surface area contributed by atoms with Gasteiger partial charge >= 0.3 is 6.09 Å². The summed E-state index contributed by atoms with van der Waals surface area (Å²) in [6.07, 6.45) is 8.80. The van der Waals surface area contributed by atoms with Gasteiger partial charge in [0.25, 0.3) is 0 Å². The maximum Gasteiger partial charge on any atom is 0.427 e. The van der Waals surface area contributed by atoms with Gasteiger partial charge in [-0.05, 0) is 56.9 Å². The number of hydrogen-bond donors (Lipinski definition) is 2. The molecule has 5 heterocycles. The van der Waals surface area contributed by atoms with E-state index >= 15 is 0 Å². The molecule has 2 N–H and O–H groups in total. The molecule has 212 valence electrons. The predicted molar refractivity (Wildman–Crippen MR) is 150 cm³/mol. The fraction of sp³-hybridized carbons (Fsp3) is 0.607. The molecule has 4 fully saturated rings. The largest absolute Gasteiger partial charge is 0.427 e. The van der Waals surface area contributed by atoms with Gasteiger partial charge in [-0.15, -0.1) is 5.48 Å². The van der Waals surface area contributed by atoms with E-state index in [2.05, 4.69) is 32.2 Å². The number of nitrogens with one attached hydrogen (secondary N) is 2. The molecule has 11 nitrogen and oxygen atoms in total. The van der Waals surface area contributed by atoms with Crippen LogP contribution in [-0.4, -0.2) is 55.9 Å². The smallest absolute Gasteiger partial charge is 0.374 e. The second-order valence-corrected chi connectivity index (χ2v) is 12.2. The third-order valence-corrected chi connectivity index (χ3v) is 9.22. The molecule has 3 aromatic heterocycles. The summed E-state index contributed by atoms with van der Waals surface area (Å²) in [4.78, 5) is 38.9. The minimum atomic E-state index is -0.695. The van der Waals surface area contributed by atoms with Crippen LogP contribution in [0.2, 0.25) is 5.02 Å². The van der Waals surface area contributed by atoms with E-state index in [0.29, 0.717) is 40.8 Å². The first kappa shape index (κ1) is 25.9. The van der Waals surface area contributed by atoms with Gasteiger partial charge in [-0.25, -0.2) is 14.8 Å². The number of pyridine rings is 1. The Balaban J connectivity index is 1.43. The van der Waals surface area contributed by atoms with Crippen LogP contribution in [0.5, 0.6) is 0 Å². The van der Waals surface area contributed by atoms with E-state index in [1.54, 1.807) is 6.20 Å². The molecule has 12 heteroatoms. The van der Waals surface area contributed by atoms with Crippen molar-refractivity contribution in [3.63, 3.8) is 0 Å². The number of carbonyl (C=O) groups excluding carboxylic acids is 1. The Morgan fingerprint density at radius 2 is 1.98 bits per heavy atom. The Kier molecular flexibility index (Phi) is 6.76. The van der Waals surface area contributed by atoms with Gasteiger partial charge in [-0.3, -0.25) is 10.3 Å². The second kappa shape index (κ2) is 10.4. The SMILES string of the molecule is Cc1ncc(Cl)cc1-c1nc(C2NOC(=O)N2)nc2nc(N3CCOC4CCCC43)n(CC3CCC(C)CC3)c12. The first-order valence-electron chi connectivity index (χ1n) is 14.5. The van der Waals surface area contributed by atoms with Crippen LogP contribution in [0.4, 0.5) is 10.7 Å². The molecule has 0 spiro atoms. The van der Waals surface area contributed by atoms with Crippen molar-refractivity contribution in [2.75, 3.05) is 18.1 Å². The number of nitrogens with zero attached hydrogens (tertiary/aromatic N) is 6. The molecule has 3 unspecified atom stereocenters. The average Bonchev–Trinajstić information content (AvgIpc) is 3.69. The zero-order chi connectivity index (χ0) is 27.4. The van der Waals surface area contributed by atoms with Gasteiger partial charge in [0.1, 0.15) is 11.2 Å². The minimum Gasteiger partial charge on any atom is -0.374 e. The maximum atomic E-state index is 11.8. The summed E-state index contributed by atoms with van der Waals surface area (Å²) >= 11 is 6.46. The summed E-state index contributed by atoms with van der Waals surface area (Å²) in [6, 6.07) is 2.19. The van der Waals surface area contributed by atoms with Crippen molar-refractivity contribution >= 4 is 34.8 Å². The summed E-state index contributed by atoms with van der Waals surface area (Å²) in [5.74, 6) is 2.61. The number of amides is 1. The number of hydroxylamine groups is 1. The lowest BCUT2D eigenvalue weighted by atomic mass is 9.83. The molecule has 3 aromatic rings. The van der Waals surface area contributed by atoms with Gasteiger partial charge in [0, 0.05) is 30.5 Å². The van der Waals surface area contributed by atoms with E-state index in [1.165, 1.54) is 25.7 Å². The van der Waals surface area contributed by atoms with Crippen LogP contribution < -0.4 is 15.7 Å². The number of aromatic nitrogens is 5. The van der Waals surface area contributed by atoms with Crippen molar-refractivity contribution in [2.24, 2.45) is 11.8 Å². The van der Waals surface area contributed by atoms with Crippen LogP contribution >= 0.6 is 11.6 Å². The second-order valence-electron chi connectivity index (χ2n) is 11.7. The summed E-state index contributed by atoms with van der Waals surface area (Å²) in [5.41, 5.74) is 6.47. The van der Waals surface area contributed by atoms with Crippen LogP contribution in [0, 0.1) is 18.8 Å². The van der Waals surface area contributed by atoms with E-state index in [-0.39, 0.29) is 6.10 Å². The number of ether oxygens (including phenoxy) is 1. The number of anilines is 1. The Bertz CT molecular complexity index is 1440. The number of hydrogen-bond acceptors (Lipinski definition) is 9. The zero-order valence-electron chi connectivity index (χ0n) is 22.9. The standard InChI is InChI=1S/C28H35ClN8O3/c1-15-6-8-17(9-7-15)14-37-23-22(19-12-18(29)13-30-16(19)2)31-25(26-34-28(38)40-35-26)32-24(23)33-27(37)36-10-11-39-21-5-3-4-20(21)36/h12-13,15,17,20-21,26,35H,3-11,14H2,1-2H3,(H,34,38). The van der Waals surface area contributed by atoms with Crippen molar-refractivity contribution in [1.29, 1.82) is 0 Å². The molecule has 2 aliphatic heterocycles. The molecular formula is C28H35ClN8O3. The van der Waals surface area contributed by atoms with Crippen LogP contribution in [0.1, 0.15) is 69.6 Å². The van der Waals surface area contributed by atoms with E-state index in [9.17, 15) is 4.79 Å². The number of rotatable bonds is 5. The van der Waals surface area contributed by atoms with Crippen molar-refractivity contribution in [3.05, 3.63) is 28.8 Å². The highest BCUT2D eigenvalue weighted by Crippen LogP contribution is 2.39. The summed E-state index contributed by atoms with van der Waals surface area (Å²) in [6.45, 7) is 6.62. The molecule has 7 rings (SSSR count). The van der Waals surface area contributed by atoms with Crippen molar-refractivity contribution < 1.29 is 14.4 Å². The van der Waals surface area contributed by atoms with Gasteiger partial charge in [0.05, 0.1) is 23.8 Å². The van der Waals surface area contributed by atoms with Crippen LogP contribution in [-0.2, 0) is 16.1 Å². The molecule has 2 saturated carbocycles. The topological polar surface area (TPSA) is 119 Å². The van der Waals surface area contributed by atoms with E-state index in [1.807, 2.05) is 13.0 Å². The number of aryl methyl sites for hydroxylation is 1. The predicted octanol–water partition coefficient (Wildman–Crippen LogP) is 4.68. The Hall–Kier alpha value is -3.02. The minimum absolute atomic E-state index is 0.230. The average molecular weight is 567 g/mol. The summed E-state index contributed by atoms with van der Waals surface area (Å²) < 4.78 is 8.51. The van der Waals surface area contributed by atoms with Crippen molar-refractivity contribution in [2.45, 2.75) is 83.6 Å². The highest BCUT2D eigenvalue weighted by Gasteiger charge is 2.39. The molecule has 0 aromatic carbocycles. The molecule has 2 saturated heterocycles. The normalized spacial score (nSPS) is 28.5. The highest BCUT2D eigenvalue weighted by molar-refractivity contribution is 6.30. The summed E-state index contributed by atoms with van der Waals surface area (Å²) in [7, 11) is 0. The van der Waals surface area contributed by atoms with Crippen LogP contribution in [0.3, 0.4) is 0 Å². The fourth-order valence-electron chi connectivity index (χ4n) is 6.85. The third kappa shape index (κ3) is 4.67. The quantitative estimate of drug-likeness (QED) is 0.453. The zero-order valence-corrected chi connectivity index (χ0v) is 23.7. The van der Waals surface area contributed by atoms with Gasteiger partial charge in [-0.2, -0.15) is 4.98 Å².